The number of benzene rings is 1. The van der Waals surface area contributed by atoms with E-state index in [0.29, 0.717) is 25.5 Å². The van der Waals surface area contributed by atoms with Crippen molar-refractivity contribution in [3.8, 4) is 5.88 Å². The van der Waals surface area contributed by atoms with Crippen LogP contribution >= 0.6 is 0 Å². The normalized spacial score (nSPS) is 10.2. The molecule has 0 amide bonds. The number of carboxylic acid groups (broad SMARTS) is 1. The number of ether oxygens (including phenoxy) is 1. The molecule has 0 spiro atoms. The van der Waals surface area contributed by atoms with Crippen LogP contribution in [0.3, 0.4) is 0 Å². The van der Waals surface area contributed by atoms with Gasteiger partial charge in [0, 0.05) is 18.2 Å². The van der Waals surface area contributed by atoms with Crippen molar-refractivity contribution in [1.82, 2.24) is 4.98 Å². The van der Waals surface area contributed by atoms with Crippen LogP contribution in [0, 0.1) is 0 Å². The molecule has 1 aromatic heterocycles. The second kappa shape index (κ2) is 8.02. The van der Waals surface area contributed by atoms with Crippen LogP contribution in [0.15, 0.2) is 42.5 Å². The van der Waals surface area contributed by atoms with Crippen LogP contribution < -0.4 is 10.1 Å². The Morgan fingerprint density at radius 2 is 2.09 bits per heavy atom. The molecule has 5 nitrogen and oxygen atoms in total. The number of aromatic nitrogens is 1. The molecule has 0 radical (unpaired) electrons. The Morgan fingerprint density at radius 3 is 2.86 bits per heavy atom. The number of rotatable bonds is 8. The highest BCUT2D eigenvalue weighted by atomic mass is 16.5. The Bertz CT molecular complexity index is 629. The molecule has 0 atom stereocenters. The summed E-state index contributed by atoms with van der Waals surface area (Å²) >= 11 is 0. The van der Waals surface area contributed by atoms with E-state index in [1.54, 1.807) is 0 Å². The van der Waals surface area contributed by atoms with Gasteiger partial charge < -0.3 is 15.2 Å². The van der Waals surface area contributed by atoms with Crippen molar-refractivity contribution in [3.05, 3.63) is 53.7 Å². The molecule has 22 heavy (non-hydrogen) atoms. The van der Waals surface area contributed by atoms with E-state index in [9.17, 15) is 4.79 Å². The third kappa shape index (κ3) is 5.09. The van der Waals surface area contributed by atoms with Crippen molar-refractivity contribution in [2.45, 2.75) is 26.3 Å². The summed E-state index contributed by atoms with van der Waals surface area (Å²) in [7, 11) is 0. The minimum Gasteiger partial charge on any atom is -0.481 e. The molecule has 5 heteroatoms. The first-order valence-corrected chi connectivity index (χ1v) is 7.30. The van der Waals surface area contributed by atoms with Gasteiger partial charge in [-0.25, -0.2) is 4.98 Å². The molecule has 0 aliphatic rings. The van der Waals surface area contributed by atoms with Crippen LogP contribution in [-0.2, 0) is 17.8 Å². The molecule has 2 aromatic rings. The van der Waals surface area contributed by atoms with Crippen molar-refractivity contribution < 1.29 is 14.6 Å². The number of carbonyl (C=O) groups is 1. The van der Waals surface area contributed by atoms with Crippen molar-refractivity contribution >= 4 is 11.7 Å². The molecule has 116 valence electrons. The third-order valence-corrected chi connectivity index (χ3v) is 3.10. The maximum absolute atomic E-state index is 10.6. The molecule has 2 rings (SSSR count). The van der Waals surface area contributed by atoms with Gasteiger partial charge in [0.2, 0.25) is 5.88 Å². The predicted octanol–water partition coefficient (Wildman–Crippen LogP) is 3.11. The van der Waals surface area contributed by atoms with E-state index in [2.05, 4.69) is 10.3 Å². The Kier molecular flexibility index (Phi) is 5.77. The highest BCUT2D eigenvalue weighted by molar-refractivity contribution is 5.67. The van der Waals surface area contributed by atoms with E-state index < -0.39 is 5.97 Å². The van der Waals surface area contributed by atoms with Crippen LogP contribution in [-0.4, -0.2) is 22.7 Å². The molecule has 2 N–H and O–H groups in total. The Labute approximate surface area is 130 Å². The predicted molar refractivity (Wildman–Crippen MR) is 85.1 cm³/mol. The molecule has 0 unspecified atom stereocenters. The monoisotopic (exact) mass is 300 g/mol. The number of aryl methyl sites for hydroxylation is 1. The average Bonchev–Trinajstić information content (AvgIpc) is 2.52. The van der Waals surface area contributed by atoms with E-state index in [4.69, 9.17) is 9.84 Å². The largest absolute Gasteiger partial charge is 0.481 e. The molecular weight excluding hydrogens is 280 g/mol. The van der Waals surface area contributed by atoms with Crippen molar-refractivity contribution in [2.24, 2.45) is 0 Å². The zero-order valence-corrected chi connectivity index (χ0v) is 12.6. The van der Waals surface area contributed by atoms with E-state index >= 15 is 0 Å². The molecule has 0 saturated heterocycles. The molecule has 0 aliphatic heterocycles. The van der Waals surface area contributed by atoms with Crippen molar-refractivity contribution in [3.63, 3.8) is 0 Å². The van der Waals surface area contributed by atoms with E-state index in [1.165, 1.54) is 0 Å². The summed E-state index contributed by atoms with van der Waals surface area (Å²) < 4.78 is 5.38. The summed E-state index contributed by atoms with van der Waals surface area (Å²) in [5.41, 5.74) is 2.84. The summed E-state index contributed by atoms with van der Waals surface area (Å²) in [6.45, 7) is 3.11. The Morgan fingerprint density at radius 1 is 1.27 bits per heavy atom. The quantitative estimate of drug-likeness (QED) is 0.784. The zero-order valence-electron chi connectivity index (χ0n) is 12.6. The Balaban J connectivity index is 1.94. The maximum Gasteiger partial charge on any atom is 0.303 e. The second-order valence-corrected chi connectivity index (χ2v) is 4.85. The summed E-state index contributed by atoms with van der Waals surface area (Å²) in [6, 6.07) is 13.5. The van der Waals surface area contributed by atoms with Gasteiger partial charge in [0.15, 0.2) is 0 Å². The van der Waals surface area contributed by atoms with Crippen LogP contribution in [0.5, 0.6) is 5.88 Å². The van der Waals surface area contributed by atoms with Gasteiger partial charge in [-0.15, -0.1) is 0 Å². The van der Waals surface area contributed by atoms with Gasteiger partial charge in [-0.3, -0.25) is 4.79 Å². The minimum absolute atomic E-state index is 0.140. The topological polar surface area (TPSA) is 71.5 Å². The molecule has 0 bridgehead atoms. The number of anilines is 1. The lowest BCUT2D eigenvalue weighted by Crippen LogP contribution is -2.04. The summed E-state index contributed by atoms with van der Waals surface area (Å²) in [5.74, 6) is -0.160. The summed E-state index contributed by atoms with van der Waals surface area (Å²) in [4.78, 5) is 15.0. The maximum atomic E-state index is 10.6. The summed E-state index contributed by atoms with van der Waals surface area (Å²) in [5, 5.41) is 12.0. The van der Waals surface area contributed by atoms with Gasteiger partial charge in [-0.2, -0.15) is 0 Å². The minimum atomic E-state index is -0.782. The van der Waals surface area contributed by atoms with Crippen molar-refractivity contribution in [2.75, 3.05) is 11.9 Å². The fourth-order valence-electron chi connectivity index (χ4n) is 2.06. The van der Waals surface area contributed by atoms with Crippen molar-refractivity contribution in [1.29, 1.82) is 0 Å². The lowest BCUT2D eigenvalue weighted by Gasteiger charge is -2.09. The van der Waals surface area contributed by atoms with Crippen LogP contribution in [0.2, 0.25) is 0 Å². The van der Waals surface area contributed by atoms with Crippen LogP contribution in [0.4, 0.5) is 5.69 Å². The number of hydrogen-bond donors (Lipinski definition) is 2. The smallest absolute Gasteiger partial charge is 0.303 e. The van der Waals surface area contributed by atoms with Gasteiger partial charge in [0.1, 0.15) is 0 Å². The first kappa shape index (κ1) is 15.8. The van der Waals surface area contributed by atoms with Crippen LogP contribution in [0.1, 0.15) is 24.6 Å². The molecule has 0 fully saturated rings. The van der Waals surface area contributed by atoms with Gasteiger partial charge in [0.05, 0.1) is 18.8 Å². The number of carboxylic acids is 1. The van der Waals surface area contributed by atoms with Gasteiger partial charge >= 0.3 is 5.97 Å². The standard InChI is InChI=1S/C17H20N2O3/c1-2-22-16-8-4-7-15(19-16)12-18-14-6-3-5-13(11-14)9-10-17(20)21/h3-8,11,18H,2,9-10,12H2,1H3,(H,20,21). The fraction of sp³-hybridized carbons (Fsp3) is 0.294. The Hall–Kier alpha value is -2.56. The fourth-order valence-corrected chi connectivity index (χ4v) is 2.06. The first-order chi connectivity index (χ1) is 10.7. The molecule has 1 aromatic carbocycles. The highest BCUT2D eigenvalue weighted by Gasteiger charge is 2.02. The van der Waals surface area contributed by atoms with E-state index in [1.807, 2.05) is 49.4 Å². The second-order valence-electron chi connectivity index (χ2n) is 4.85. The lowest BCUT2D eigenvalue weighted by molar-refractivity contribution is -0.136. The van der Waals surface area contributed by atoms with Gasteiger partial charge in [0.25, 0.3) is 0 Å². The number of nitrogens with zero attached hydrogens (tertiary/aromatic N) is 1. The number of pyridine rings is 1. The zero-order chi connectivity index (χ0) is 15.8. The first-order valence-electron chi connectivity index (χ1n) is 7.30. The third-order valence-electron chi connectivity index (χ3n) is 3.10. The van der Waals surface area contributed by atoms with E-state index in [-0.39, 0.29) is 6.42 Å². The average molecular weight is 300 g/mol. The molecule has 1 heterocycles. The molecule has 0 aliphatic carbocycles. The number of hydrogen-bond acceptors (Lipinski definition) is 4. The van der Waals surface area contributed by atoms with E-state index in [0.717, 1.165) is 16.9 Å². The highest BCUT2D eigenvalue weighted by Crippen LogP contribution is 2.14. The van der Waals surface area contributed by atoms with Gasteiger partial charge in [-0.05, 0) is 37.1 Å². The SMILES string of the molecule is CCOc1cccc(CNc2cccc(CCC(=O)O)c2)n1. The molecular formula is C17H20N2O3. The summed E-state index contributed by atoms with van der Waals surface area (Å²) in [6.07, 6.45) is 0.671. The number of aliphatic carboxylic acids is 1. The molecule has 0 saturated carbocycles. The van der Waals surface area contributed by atoms with Crippen LogP contribution in [0.25, 0.3) is 0 Å². The lowest BCUT2D eigenvalue weighted by atomic mass is 10.1. The number of nitrogens with one attached hydrogen (secondary N) is 1. The van der Waals surface area contributed by atoms with Gasteiger partial charge in [-0.1, -0.05) is 18.2 Å².